The molecule has 0 radical (unpaired) electrons. The minimum atomic E-state index is -3.78. The molecule has 3 aromatic rings. The molecule has 0 aliphatic heterocycles. The number of aromatic amines is 1. The van der Waals surface area contributed by atoms with Crippen LogP contribution in [-0.4, -0.2) is 24.5 Å². The maximum absolute atomic E-state index is 12.6. The maximum Gasteiger partial charge on any atom is 0.341 e. The summed E-state index contributed by atoms with van der Waals surface area (Å²) >= 11 is 0. The molecule has 0 saturated carbocycles. The van der Waals surface area contributed by atoms with Crippen molar-refractivity contribution in [2.24, 2.45) is 0 Å². The number of nitrogens with one attached hydrogen (secondary N) is 1. The highest BCUT2D eigenvalue weighted by Crippen LogP contribution is 2.22. The lowest BCUT2D eigenvalue weighted by molar-refractivity contribution is 0.0695. The monoisotopic (exact) mass is 329 g/mol. The fourth-order valence-corrected chi connectivity index (χ4v) is 3.57. The van der Waals surface area contributed by atoms with Crippen LogP contribution in [0, 0.1) is 0 Å². The van der Waals surface area contributed by atoms with Crippen molar-refractivity contribution in [3.05, 3.63) is 70.5 Å². The van der Waals surface area contributed by atoms with Gasteiger partial charge in [0.05, 0.1) is 9.79 Å². The molecule has 1 aromatic heterocycles. The van der Waals surface area contributed by atoms with Gasteiger partial charge in [-0.25, -0.2) is 13.2 Å². The lowest BCUT2D eigenvalue weighted by Gasteiger charge is -2.06. The number of carboxylic acid groups (broad SMARTS) is 1. The van der Waals surface area contributed by atoms with Crippen molar-refractivity contribution in [1.29, 1.82) is 0 Å². The number of aromatic carboxylic acids is 1. The summed E-state index contributed by atoms with van der Waals surface area (Å²) in [5.74, 6) is -1.37. The van der Waals surface area contributed by atoms with Crippen LogP contribution < -0.4 is 5.43 Å². The molecule has 0 fully saturated rings. The number of pyridine rings is 1. The van der Waals surface area contributed by atoms with Crippen LogP contribution in [0.4, 0.5) is 0 Å². The molecule has 0 amide bonds. The van der Waals surface area contributed by atoms with Crippen LogP contribution in [0.15, 0.2) is 69.3 Å². The largest absolute Gasteiger partial charge is 0.477 e. The second-order valence-corrected chi connectivity index (χ2v) is 6.81. The number of carboxylic acids is 1. The van der Waals surface area contributed by atoms with E-state index in [1.165, 1.54) is 30.3 Å². The minimum absolute atomic E-state index is 0.0157. The number of hydrogen-bond donors (Lipinski definition) is 2. The van der Waals surface area contributed by atoms with E-state index in [0.29, 0.717) is 5.52 Å². The van der Waals surface area contributed by atoms with Crippen molar-refractivity contribution in [3.63, 3.8) is 0 Å². The van der Waals surface area contributed by atoms with E-state index in [1.807, 2.05) is 0 Å². The lowest BCUT2D eigenvalue weighted by atomic mass is 10.1. The Hall–Kier alpha value is -2.93. The zero-order chi connectivity index (χ0) is 16.6. The van der Waals surface area contributed by atoms with Gasteiger partial charge in [-0.2, -0.15) is 0 Å². The second-order valence-electron chi connectivity index (χ2n) is 4.86. The van der Waals surface area contributed by atoms with E-state index >= 15 is 0 Å². The van der Waals surface area contributed by atoms with E-state index in [-0.39, 0.29) is 15.2 Å². The number of H-pyrrole nitrogens is 1. The van der Waals surface area contributed by atoms with Crippen LogP contribution in [-0.2, 0) is 9.84 Å². The average Bonchev–Trinajstić information content (AvgIpc) is 2.55. The van der Waals surface area contributed by atoms with Gasteiger partial charge in [0.2, 0.25) is 15.3 Å². The SMILES string of the molecule is O=C(O)c1c[nH]c2ccc(S(=O)(=O)c3ccccc3)cc2c1=O. The van der Waals surface area contributed by atoms with Crippen LogP contribution in [0.5, 0.6) is 0 Å². The Labute approximate surface area is 130 Å². The Morgan fingerprint density at radius 3 is 2.35 bits per heavy atom. The molecule has 6 nitrogen and oxygen atoms in total. The first-order valence-electron chi connectivity index (χ1n) is 6.60. The molecule has 0 spiro atoms. The molecule has 0 saturated heterocycles. The quantitative estimate of drug-likeness (QED) is 0.765. The first kappa shape index (κ1) is 15.0. The van der Waals surface area contributed by atoms with Gasteiger partial charge in [0.15, 0.2) is 0 Å². The predicted octanol–water partition coefficient (Wildman–Crippen LogP) is 2.06. The molecule has 0 aliphatic carbocycles. The van der Waals surface area contributed by atoms with Crippen molar-refractivity contribution in [2.45, 2.75) is 9.79 Å². The molecule has 1 heterocycles. The zero-order valence-electron chi connectivity index (χ0n) is 11.7. The average molecular weight is 329 g/mol. The number of hydrogen-bond acceptors (Lipinski definition) is 4. The molecule has 0 atom stereocenters. The van der Waals surface area contributed by atoms with E-state index in [9.17, 15) is 18.0 Å². The van der Waals surface area contributed by atoms with Crippen molar-refractivity contribution in [2.75, 3.05) is 0 Å². The van der Waals surface area contributed by atoms with Gasteiger partial charge in [-0.3, -0.25) is 4.79 Å². The van der Waals surface area contributed by atoms with Gasteiger partial charge < -0.3 is 10.1 Å². The Kier molecular flexibility index (Phi) is 3.49. The number of aromatic nitrogens is 1. The van der Waals surface area contributed by atoms with E-state index in [0.717, 1.165) is 6.20 Å². The molecule has 7 heteroatoms. The molecule has 3 rings (SSSR count). The number of carbonyl (C=O) groups is 1. The molecule has 0 aliphatic rings. The molecular formula is C16H11NO5S. The normalized spacial score (nSPS) is 11.5. The fourth-order valence-electron chi connectivity index (χ4n) is 2.26. The van der Waals surface area contributed by atoms with Gasteiger partial charge >= 0.3 is 5.97 Å². The van der Waals surface area contributed by atoms with Crippen molar-refractivity contribution in [3.8, 4) is 0 Å². The summed E-state index contributed by atoms with van der Waals surface area (Å²) in [6.45, 7) is 0. The number of fused-ring (bicyclic) bond motifs is 1. The second kappa shape index (κ2) is 5.36. The van der Waals surface area contributed by atoms with Crippen LogP contribution in [0.3, 0.4) is 0 Å². The number of benzene rings is 2. The van der Waals surface area contributed by atoms with Gasteiger partial charge in [0, 0.05) is 17.1 Å². The maximum atomic E-state index is 12.6. The highest BCUT2D eigenvalue weighted by atomic mass is 32.2. The predicted molar refractivity (Wildman–Crippen MR) is 83.4 cm³/mol. The van der Waals surface area contributed by atoms with Gasteiger partial charge in [-0.05, 0) is 30.3 Å². The highest BCUT2D eigenvalue weighted by Gasteiger charge is 2.19. The molecule has 23 heavy (non-hydrogen) atoms. The minimum Gasteiger partial charge on any atom is -0.477 e. The molecule has 0 unspecified atom stereocenters. The summed E-state index contributed by atoms with van der Waals surface area (Å²) in [4.78, 5) is 25.9. The summed E-state index contributed by atoms with van der Waals surface area (Å²) in [5, 5.41) is 9.01. The van der Waals surface area contributed by atoms with Crippen molar-refractivity contribution in [1.82, 2.24) is 4.98 Å². The Morgan fingerprint density at radius 2 is 1.70 bits per heavy atom. The van der Waals surface area contributed by atoms with Crippen LogP contribution >= 0.6 is 0 Å². The molecule has 2 N–H and O–H groups in total. The molecule has 2 aromatic carbocycles. The molecular weight excluding hydrogens is 318 g/mol. The number of rotatable bonds is 3. The molecule has 116 valence electrons. The highest BCUT2D eigenvalue weighted by molar-refractivity contribution is 7.91. The third-order valence-electron chi connectivity index (χ3n) is 3.45. The van der Waals surface area contributed by atoms with Gasteiger partial charge in [0.1, 0.15) is 5.56 Å². The first-order chi connectivity index (χ1) is 10.9. The van der Waals surface area contributed by atoms with Gasteiger partial charge in [0.25, 0.3) is 0 Å². The van der Waals surface area contributed by atoms with Crippen molar-refractivity contribution < 1.29 is 18.3 Å². The smallest absolute Gasteiger partial charge is 0.341 e. The van der Waals surface area contributed by atoms with Crippen LogP contribution in [0.25, 0.3) is 10.9 Å². The Morgan fingerprint density at radius 1 is 1.00 bits per heavy atom. The standard InChI is InChI=1S/C16H11NO5S/c18-15-12-8-11(23(21,22)10-4-2-1-3-5-10)6-7-14(12)17-9-13(15)16(19)20/h1-9H,(H,17,18)(H,19,20). The van der Waals surface area contributed by atoms with E-state index in [2.05, 4.69) is 4.98 Å². The van der Waals surface area contributed by atoms with E-state index < -0.39 is 26.8 Å². The Balaban J connectivity index is 2.27. The van der Waals surface area contributed by atoms with Crippen molar-refractivity contribution >= 4 is 26.7 Å². The lowest BCUT2D eigenvalue weighted by Crippen LogP contribution is -2.15. The molecule has 0 bridgehead atoms. The third kappa shape index (κ3) is 2.51. The number of sulfone groups is 1. The zero-order valence-corrected chi connectivity index (χ0v) is 12.5. The van der Waals surface area contributed by atoms with Gasteiger partial charge in [-0.1, -0.05) is 18.2 Å². The Bertz CT molecular complexity index is 1070. The van der Waals surface area contributed by atoms with Gasteiger partial charge in [-0.15, -0.1) is 0 Å². The summed E-state index contributed by atoms with van der Waals surface area (Å²) in [6.07, 6.45) is 1.10. The third-order valence-corrected chi connectivity index (χ3v) is 5.21. The topological polar surface area (TPSA) is 104 Å². The summed E-state index contributed by atoms with van der Waals surface area (Å²) in [5.41, 5.74) is -0.796. The summed E-state index contributed by atoms with van der Waals surface area (Å²) < 4.78 is 25.2. The first-order valence-corrected chi connectivity index (χ1v) is 8.08. The fraction of sp³-hybridized carbons (Fsp3) is 0. The summed E-state index contributed by atoms with van der Waals surface area (Å²) in [7, 11) is -3.78. The van der Waals surface area contributed by atoms with Crippen LogP contribution in [0.1, 0.15) is 10.4 Å². The van der Waals surface area contributed by atoms with E-state index in [1.54, 1.807) is 18.2 Å². The van der Waals surface area contributed by atoms with E-state index in [4.69, 9.17) is 5.11 Å². The summed E-state index contributed by atoms with van der Waals surface area (Å²) in [6, 6.07) is 11.8. The van der Waals surface area contributed by atoms with Crippen LogP contribution in [0.2, 0.25) is 0 Å².